The largest absolute Gasteiger partial charge is 0.352 e. The topological polar surface area (TPSA) is 75.3 Å². The number of rotatable bonds is 7. The van der Waals surface area contributed by atoms with Crippen LogP contribution in [-0.4, -0.2) is 20.9 Å². The van der Waals surface area contributed by atoms with Crippen LogP contribution in [0.15, 0.2) is 59.0 Å². The molecule has 3 rings (SSSR count). The summed E-state index contributed by atoms with van der Waals surface area (Å²) in [6.45, 7) is 4.25. The lowest BCUT2D eigenvalue weighted by atomic mass is 9.97. The summed E-state index contributed by atoms with van der Waals surface area (Å²) in [5.74, 6) is -0.185. The second-order valence-electron chi connectivity index (χ2n) is 7.51. The summed E-state index contributed by atoms with van der Waals surface area (Å²) in [6, 6.07) is 11.7. The Bertz CT molecular complexity index is 1010. The number of hydrogen-bond acceptors (Lipinski definition) is 3. The van der Waals surface area contributed by atoms with Crippen molar-refractivity contribution >= 4 is 21.6 Å². The summed E-state index contributed by atoms with van der Waals surface area (Å²) in [4.78, 5) is 12.8. The summed E-state index contributed by atoms with van der Waals surface area (Å²) in [6.07, 6.45) is 7.87. The molecule has 2 aromatic rings. The summed E-state index contributed by atoms with van der Waals surface area (Å²) in [5.41, 5.74) is 3.90. The number of aryl methyl sites for hydroxylation is 1. The molecule has 29 heavy (non-hydrogen) atoms. The van der Waals surface area contributed by atoms with E-state index in [-0.39, 0.29) is 10.8 Å². The molecule has 6 heteroatoms. The Morgan fingerprint density at radius 1 is 1.03 bits per heavy atom. The van der Waals surface area contributed by atoms with Crippen LogP contribution < -0.4 is 10.0 Å². The van der Waals surface area contributed by atoms with Gasteiger partial charge in [0.2, 0.25) is 0 Å². The Morgan fingerprint density at radius 3 is 2.48 bits per heavy atom. The lowest BCUT2D eigenvalue weighted by Gasteiger charge is -2.15. The SMILES string of the molecule is Cc1ccc(S(=O)(=O)Nc2cccc(C(=O)NCCC3=CCCCC3)c2C)cc1. The Morgan fingerprint density at radius 2 is 1.79 bits per heavy atom. The fraction of sp³-hybridized carbons (Fsp3) is 0.348. The molecular weight excluding hydrogens is 384 g/mol. The van der Waals surface area contributed by atoms with E-state index in [2.05, 4.69) is 16.1 Å². The highest BCUT2D eigenvalue weighted by Gasteiger charge is 2.18. The third-order valence-electron chi connectivity index (χ3n) is 5.27. The molecule has 0 bridgehead atoms. The summed E-state index contributed by atoms with van der Waals surface area (Å²) >= 11 is 0. The van der Waals surface area contributed by atoms with Crippen molar-refractivity contribution in [2.75, 3.05) is 11.3 Å². The second kappa shape index (κ2) is 9.27. The Hall–Kier alpha value is -2.60. The van der Waals surface area contributed by atoms with Gasteiger partial charge in [-0.25, -0.2) is 8.42 Å². The van der Waals surface area contributed by atoms with E-state index >= 15 is 0 Å². The van der Waals surface area contributed by atoms with E-state index in [1.807, 2.05) is 6.92 Å². The molecule has 1 aliphatic carbocycles. The summed E-state index contributed by atoms with van der Waals surface area (Å²) in [7, 11) is -3.72. The van der Waals surface area contributed by atoms with Crippen LogP contribution in [0.4, 0.5) is 5.69 Å². The summed E-state index contributed by atoms with van der Waals surface area (Å²) in [5, 5.41) is 2.96. The standard InChI is InChI=1S/C23H28N2O3S/c1-17-11-13-20(14-12-17)29(27,28)25-22-10-6-9-21(18(22)2)23(26)24-16-15-19-7-4-3-5-8-19/h6-7,9-14,25H,3-5,8,15-16H2,1-2H3,(H,24,26). The smallest absolute Gasteiger partial charge is 0.261 e. The van der Waals surface area contributed by atoms with Crippen molar-refractivity contribution in [3.8, 4) is 0 Å². The molecule has 0 aliphatic heterocycles. The van der Waals surface area contributed by atoms with E-state index in [1.54, 1.807) is 49.4 Å². The van der Waals surface area contributed by atoms with Gasteiger partial charge < -0.3 is 5.32 Å². The highest BCUT2D eigenvalue weighted by atomic mass is 32.2. The second-order valence-corrected chi connectivity index (χ2v) is 9.19. The molecular formula is C23H28N2O3S. The number of nitrogens with one attached hydrogen (secondary N) is 2. The van der Waals surface area contributed by atoms with Gasteiger partial charge in [0.15, 0.2) is 0 Å². The van der Waals surface area contributed by atoms with E-state index < -0.39 is 10.0 Å². The zero-order chi connectivity index (χ0) is 20.9. The van der Waals surface area contributed by atoms with Crippen molar-refractivity contribution in [3.63, 3.8) is 0 Å². The zero-order valence-corrected chi connectivity index (χ0v) is 17.8. The van der Waals surface area contributed by atoms with Gasteiger partial charge in [-0.3, -0.25) is 9.52 Å². The first kappa shape index (κ1) is 21.1. The molecule has 0 saturated carbocycles. The Balaban J connectivity index is 1.69. The first-order chi connectivity index (χ1) is 13.9. The van der Waals surface area contributed by atoms with E-state index in [4.69, 9.17) is 0 Å². The number of allylic oxidation sites excluding steroid dienone is 1. The van der Waals surface area contributed by atoms with Gasteiger partial charge >= 0.3 is 0 Å². The molecule has 0 aromatic heterocycles. The van der Waals surface area contributed by atoms with Gasteiger partial charge in [-0.2, -0.15) is 0 Å². The third kappa shape index (κ3) is 5.48. The van der Waals surface area contributed by atoms with Gasteiger partial charge in [-0.15, -0.1) is 0 Å². The maximum atomic E-state index is 12.7. The number of benzene rings is 2. The van der Waals surface area contributed by atoms with Gasteiger partial charge in [0, 0.05) is 12.1 Å². The molecule has 0 unspecified atom stereocenters. The van der Waals surface area contributed by atoms with Crippen molar-refractivity contribution < 1.29 is 13.2 Å². The molecule has 0 saturated heterocycles. The molecule has 2 aromatic carbocycles. The first-order valence-electron chi connectivity index (χ1n) is 10.0. The number of carbonyl (C=O) groups is 1. The summed E-state index contributed by atoms with van der Waals surface area (Å²) < 4.78 is 28.0. The van der Waals surface area contributed by atoms with E-state index in [1.165, 1.54) is 18.4 Å². The quantitative estimate of drug-likeness (QED) is 0.646. The number of anilines is 1. The number of amides is 1. The average molecular weight is 413 g/mol. The molecule has 0 atom stereocenters. The van der Waals surface area contributed by atoms with E-state index in [0.29, 0.717) is 23.4 Å². The minimum absolute atomic E-state index is 0.185. The molecule has 0 spiro atoms. The fourth-order valence-electron chi connectivity index (χ4n) is 3.48. The van der Waals surface area contributed by atoms with Crippen LogP contribution in [-0.2, 0) is 10.0 Å². The van der Waals surface area contributed by atoms with Gasteiger partial charge in [-0.1, -0.05) is 35.4 Å². The van der Waals surface area contributed by atoms with Gasteiger partial charge in [0.05, 0.1) is 10.6 Å². The monoisotopic (exact) mass is 412 g/mol. The van der Waals surface area contributed by atoms with Crippen LogP contribution in [0.2, 0.25) is 0 Å². The van der Waals surface area contributed by atoms with Crippen LogP contribution in [0.1, 0.15) is 53.6 Å². The molecule has 0 heterocycles. The number of sulfonamides is 1. The predicted octanol–water partition coefficient (Wildman–Crippen LogP) is 4.72. The van der Waals surface area contributed by atoms with Crippen LogP contribution in [0.25, 0.3) is 0 Å². The van der Waals surface area contributed by atoms with Crippen molar-refractivity contribution in [3.05, 3.63) is 70.8 Å². The highest BCUT2D eigenvalue weighted by molar-refractivity contribution is 7.92. The van der Waals surface area contributed by atoms with Crippen LogP contribution in [0.3, 0.4) is 0 Å². The predicted molar refractivity (Wildman–Crippen MR) is 117 cm³/mol. The third-order valence-corrected chi connectivity index (χ3v) is 6.65. The maximum absolute atomic E-state index is 12.7. The van der Waals surface area contributed by atoms with Gasteiger partial charge in [0.25, 0.3) is 15.9 Å². The van der Waals surface area contributed by atoms with Crippen LogP contribution in [0.5, 0.6) is 0 Å². The fourth-order valence-corrected chi connectivity index (χ4v) is 4.60. The highest BCUT2D eigenvalue weighted by Crippen LogP contribution is 2.23. The Labute approximate surface area is 173 Å². The molecule has 0 radical (unpaired) electrons. The molecule has 1 amide bonds. The average Bonchev–Trinajstić information content (AvgIpc) is 2.70. The van der Waals surface area contributed by atoms with E-state index in [9.17, 15) is 13.2 Å². The normalized spacial score (nSPS) is 14.2. The van der Waals surface area contributed by atoms with Crippen molar-refractivity contribution in [2.45, 2.75) is 50.8 Å². The van der Waals surface area contributed by atoms with Crippen molar-refractivity contribution in [2.24, 2.45) is 0 Å². The van der Waals surface area contributed by atoms with Crippen molar-refractivity contribution in [1.82, 2.24) is 5.32 Å². The molecule has 5 nitrogen and oxygen atoms in total. The lowest BCUT2D eigenvalue weighted by Crippen LogP contribution is -2.26. The molecule has 1 aliphatic rings. The van der Waals surface area contributed by atoms with Gasteiger partial charge in [0.1, 0.15) is 0 Å². The molecule has 0 fully saturated rings. The van der Waals surface area contributed by atoms with Crippen molar-refractivity contribution in [1.29, 1.82) is 0 Å². The van der Waals surface area contributed by atoms with Crippen LogP contribution in [0, 0.1) is 13.8 Å². The zero-order valence-electron chi connectivity index (χ0n) is 17.0. The van der Waals surface area contributed by atoms with Crippen LogP contribution >= 0.6 is 0 Å². The molecule has 154 valence electrons. The Kier molecular flexibility index (Phi) is 6.75. The molecule has 2 N–H and O–H groups in total. The minimum atomic E-state index is -3.72. The minimum Gasteiger partial charge on any atom is -0.352 e. The first-order valence-corrected chi connectivity index (χ1v) is 11.5. The maximum Gasteiger partial charge on any atom is 0.261 e. The van der Waals surface area contributed by atoms with Gasteiger partial charge in [-0.05, 0) is 75.8 Å². The van der Waals surface area contributed by atoms with E-state index in [0.717, 1.165) is 24.8 Å². The number of hydrogen-bond donors (Lipinski definition) is 2. The lowest BCUT2D eigenvalue weighted by molar-refractivity contribution is 0.0953. The number of carbonyl (C=O) groups excluding carboxylic acids is 1.